The Morgan fingerprint density at radius 1 is 1.03 bits per heavy atom. The number of hydrazone groups is 1. The Morgan fingerprint density at radius 2 is 1.72 bits per heavy atom. The van der Waals surface area contributed by atoms with Crippen molar-refractivity contribution in [3.05, 3.63) is 75.7 Å². The number of para-hydroxylation sites is 2. The second-order valence-electron chi connectivity index (χ2n) is 7.75. The van der Waals surface area contributed by atoms with E-state index >= 15 is 0 Å². The predicted octanol–water partition coefficient (Wildman–Crippen LogP) is 2.32. The monoisotopic (exact) mass is 530 g/mol. The number of nitrogens with one attached hydrogen (secondary N) is 1. The van der Waals surface area contributed by atoms with Gasteiger partial charge in [0.1, 0.15) is 11.6 Å². The van der Waals surface area contributed by atoms with Gasteiger partial charge in [0.25, 0.3) is 5.56 Å². The summed E-state index contributed by atoms with van der Waals surface area (Å²) in [6.45, 7) is 3.11. The van der Waals surface area contributed by atoms with E-state index in [-0.39, 0.29) is 52.3 Å². The molecule has 13 nitrogen and oxygen atoms in total. The van der Waals surface area contributed by atoms with Crippen molar-refractivity contribution in [3.63, 3.8) is 0 Å². The van der Waals surface area contributed by atoms with Crippen LogP contribution in [0.4, 0.5) is 5.69 Å². The maximum absolute atomic E-state index is 13.8. The van der Waals surface area contributed by atoms with Gasteiger partial charge in [-0.15, -0.1) is 5.10 Å². The second-order valence-corrected chi connectivity index (χ2v) is 7.75. The molecule has 2 heterocycles. The minimum absolute atomic E-state index is 0.0180. The highest BCUT2D eigenvalue weighted by atomic mass is 16.5. The van der Waals surface area contributed by atoms with Gasteiger partial charge in [-0.1, -0.05) is 24.3 Å². The van der Waals surface area contributed by atoms with E-state index in [1.807, 2.05) is 6.07 Å². The second kappa shape index (κ2) is 11.3. The van der Waals surface area contributed by atoms with Gasteiger partial charge in [0.2, 0.25) is 5.84 Å². The van der Waals surface area contributed by atoms with Gasteiger partial charge >= 0.3 is 17.9 Å². The zero-order valence-corrected chi connectivity index (χ0v) is 21.1. The fraction of sp³-hybridized carbons (Fsp3) is 0.192. The van der Waals surface area contributed by atoms with Gasteiger partial charge in [-0.25, -0.2) is 23.5 Å². The van der Waals surface area contributed by atoms with Crippen molar-refractivity contribution >= 4 is 46.0 Å². The van der Waals surface area contributed by atoms with Gasteiger partial charge in [0, 0.05) is 0 Å². The molecule has 198 valence electrons. The van der Waals surface area contributed by atoms with E-state index in [1.54, 1.807) is 44.2 Å². The van der Waals surface area contributed by atoms with E-state index in [0.717, 1.165) is 4.57 Å². The first-order valence-corrected chi connectivity index (χ1v) is 11.7. The lowest BCUT2D eigenvalue weighted by molar-refractivity contribution is -0.135. The highest BCUT2D eigenvalue weighted by Gasteiger charge is 2.29. The quantitative estimate of drug-likeness (QED) is 0.128. The molecule has 0 bridgehead atoms. The third-order valence-electron chi connectivity index (χ3n) is 5.50. The molecule has 2 aromatic heterocycles. The molecular weight excluding hydrogens is 508 g/mol. The highest BCUT2D eigenvalue weighted by Crippen LogP contribution is 2.21. The maximum atomic E-state index is 13.8. The average Bonchev–Trinajstić information content (AvgIpc) is 3.34. The number of hydrogen-bond donors (Lipinski definition) is 1. The third kappa shape index (κ3) is 4.78. The number of nitriles is 1. The fourth-order valence-corrected chi connectivity index (χ4v) is 3.85. The SMILES string of the molecule is CCOC(=O)/C(=N\Nc1ccccc1C(=O)OC)n1c(=O)c2ccccc2n2nc(C(=O)OCC)c(C#N)c12. The predicted molar refractivity (Wildman–Crippen MR) is 138 cm³/mol. The summed E-state index contributed by atoms with van der Waals surface area (Å²) in [5, 5.41) is 18.5. The first-order valence-electron chi connectivity index (χ1n) is 11.7. The number of fused-ring (bicyclic) bond motifs is 3. The van der Waals surface area contributed by atoms with Crippen molar-refractivity contribution in [2.75, 3.05) is 25.7 Å². The van der Waals surface area contributed by atoms with Crippen LogP contribution in [-0.4, -0.2) is 58.2 Å². The van der Waals surface area contributed by atoms with Crippen molar-refractivity contribution < 1.29 is 28.6 Å². The standard InChI is InChI=1S/C26H22N6O7/c1-4-38-25(35)20-17(14-27)22-31(23(33)16-11-7-9-13-19(16)32(22)30-20)21(26(36)39-5-2)29-28-18-12-8-6-10-15(18)24(34)37-3/h6-13,28H,4-5H2,1-3H3/b29-21+. The number of aromatic nitrogens is 3. The lowest BCUT2D eigenvalue weighted by Gasteiger charge is -2.14. The smallest absolute Gasteiger partial charge is 0.376 e. The summed E-state index contributed by atoms with van der Waals surface area (Å²) in [6.07, 6.45) is 0. The molecule has 0 unspecified atom stereocenters. The summed E-state index contributed by atoms with van der Waals surface area (Å²) in [6, 6.07) is 14.4. The molecule has 0 atom stereocenters. The van der Waals surface area contributed by atoms with E-state index in [4.69, 9.17) is 14.2 Å². The molecule has 4 aromatic rings. The number of methoxy groups -OCH3 is 1. The lowest BCUT2D eigenvalue weighted by atomic mass is 10.2. The van der Waals surface area contributed by atoms with E-state index < -0.39 is 29.3 Å². The number of ether oxygens (including phenoxy) is 3. The van der Waals surface area contributed by atoms with Gasteiger partial charge in [0.15, 0.2) is 11.3 Å². The molecular formula is C26H22N6O7. The fourth-order valence-electron chi connectivity index (χ4n) is 3.85. The van der Waals surface area contributed by atoms with E-state index in [0.29, 0.717) is 0 Å². The Morgan fingerprint density at radius 3 is 2.41 bits per heavy atom. The Labute approximate surface area is 220 Å². The van der Waals surface area contributed by atoms with E-state index in [9.17, 15) is 24.4 Å². The molecule has 2 aromatic carbocycles. The van der Waals surface area contributed by atoms with Crippen molar-refractivity contribution in [1.82, 2.24) is 14.2 Å². The average molecular weight is 530 g/mol. The number of anilines is 1. The summed E-state index contributed by atoms with van der Waals surface area (Å²) >= 11 is 0. The number of carbonyl (C=O) groups excluding carboxylic acids is 3. The van der Waals surface area contributed by atoms with Crippen molar-refractivity contribution in [1.29, 1.82) is 5.26 Å². The Kier molecular flexibility index (Phi) is 7.67. The number of nitrogens with zero attached hydrogens (tertiary/aromatic N) is 5. The molecule has 4 rings (SSSR count). The van der Waals surface area contributed by atoms with E-state index in [2.05, 4.69) is 15.6 Å². The summed E-state index contributed by atoms with van der Waals surface area (Å²) in [7, 11) is 1.21. The molecule has 0 radical (unpaired) electrons. The lowest BCUT2D eigenvalue weighted by Crippen LogP contribution is -2.36. The molecule has 0 spiro atoms. The zero-order chi connectivity index (χ0) is 28.1. The van der Waals surface area contributed by atoms with Crippen LogP contribution in [0.25, 0.3) is 16.6 Å². The van der Waals surface area contributed by atoms with Crippen LogP contribution in [0.1, 0.15) is 40.3 Å². The molecule has 0 saturated carbocycles. The van der Waals surface area contributed by atoms with Gasteiger partial charge in [-0.2, -0.15) is 10.4 Å². The van der Waals surface area contributed by atoms with Crippen LogP contribution in [0.5, 0.6) is 0 Å². The molecule has 0 amide bonds. The largest absolute Gasteiger partial charge is 0.465 e. The molecule has 0 aliphatic rings. The van der Waals surface area contributed by atoms with Crippen molar-refractivity contribution in [2.45, 2.75) is 13.8 Å². The van der Waals surface area contributed by atoms with Gasteiger partial charge in [-0.05, 0) is 38.1 Å². The Bertz CT molecular complexity index is 1750. The Balaban J connectivity index is 2.08. The molecule has 39 heavy (non-hydrogen) atoms. The Hall–Kier alpha value is -5.51. The van der Waals surface area contributed by atoms with Crippen LogP contribution in [-0.2, 0) is 19.0 Å². The van der Waals surface area contributed by atoms with Gasteiger partial charge in [0.05, 0.1) is 42.5 Å². The molecule has 0 fully saturated rings. The van der Waals surface area contributed by atoms with Crippen molar-refractivity contribution in [3.8, 4) is 6.07 Å². The first-order chi connectivity index (χ1) is 18.9. The summed E-state index contributed by atoms with van der Waals surface area (Å²) in [5.41, 5.74) is 1.54. The number of carbonyl (C=O) groups is 3. The zero-order valence-electron chi connectivity index (χ0n) is 21.1. The number of esters is 3. The summed E-state index contributed by atoms with van der Waals surface area (Å²) in [4.78, 5) is 51.8. The molecule has 0 aliphatic heterocycles. The van der Waals surface area contributed by atoms with Crippen molar-refractivity contribution in [2.24, 2.45) is 5.10 Å². The van der Waals surface area contributed by atoms with Crippen LogP contribution in [0.15, 0.2) is 58.4 Å². The normalized spacial score (nSPS) is 11.2. The first kappa shape index (κ1) is 26.6. The minimum Gasteiger partial charge on any atom is -0.465 e. The molecule has 0 saturated heterocycles. The minimum atomic E-state index is -1.03. The third-order valence-corrected chi connectivity index (χ3v) is 5.50. The van der Waals surface area contributed by atoms with Crippen LogP contribution < -0.4 is 11.0 Å². The number of benzene rings is 2. The van der Waals surface area contributed by atoms with E-state index in [1.165, 1.54) is 29.8 Å². The topological polar surface area (TPSA) is 166 Å². The summed E-state index contributed by atoms with van der Waals surface area (Å²) < 4.78 is 17.0. The molecule has 0 aliphatic carbocycles. The number of rotatable bonds is 6. The van der Waals surface area contributed by atoms with Gasteiger partial charge < -0.3 is 14.2 Å². The highest BCUT2D eigenvalue weighted by molar-refractivity contribution is 6.37. The maximum Gasteiger partial charge on any atom is 0.376 e. The van der Waals surface area contributed by atoms with Crippen LogP contribution >= 0.6 is 0 Å². The summed E-state index contributed by atoms with van der Waals surface area (Å²) in [5.74, 6) is -3.16. The van der Waals surface area contributed by atoms with Crippen LogP contribution in [0, 0.1) is 11.3 Å². The van der Waals surface area contributed by atoms with Gasteiger partial charge in [-0.3, -0.25) is 10.2 Å². The number of hydrogen-bond acceptors (Lipinski definition) is 11. The van der Waals surface area contributed by atoms with Crippen LogP contribution in [0.2, 0.25) is 0 Å². The molecule has 1 N–H and O–H groups in total. The van der Waals surface area contributed by atoms with Crippen LogP contribution in [0.3, 0.4) is 0 Å². The molecule has 13 heteroatoms.